The number of ether oxygens (including phenoxy) is 1. The summed E-state index contributed by atoms with van der Waals surface area (Å²) in [4.78, 5) is 4.31. The van der Waals surface area contributed by atoms with Crippen molar-refractivity contribution in [3.05, 3.63) is 78.6 Å². The summed E-state index contributed by atoms with van der Waals surface area (Å²) >= 11 is 0. The van der Waals surface area contributed by atoms with Crippen molar-refractivity contribution in [2.24, 2.45) is 10.2 Å². The van der Waals surface area contributed by atoms with Crippen LogP contribution in [0.4, 0.5) is 5.69 Å². The third-order valence-electron chi connectivity index (χ3n) is 3.91. The van der Waals surface area contributed by atoms with E-state index in [9.17, 15) is 0 Å². The maximum Gasteiger partial charge on any atom is 0.126 e. The minimum Gasteiger partial charge on any atom is -0.496 e. The molecule has 3 rings (SSSR count). The van der Waals surface area contributed by atoms with E-state index in [1.54, 1.807) is 13.3 Å². The molecule has 0 spiro atoms. The highest BCUT2D eigenvalue weighted by Gasteiger charge is 2.09. The molecule has 0 saturated heterocycles. The van der Waals surface area contributed by atoms with Crippen molar-refractivity contribution in [3.8, 4) is 16.9 Å². The van der Waals surface area contributed by atoms with E-state index in [0.29, 0.717) is 0 Å². The van der Waals surface area contributed by atoms with E-state index >= 15 is 0 Å². The molecule has 0 atom stereocenters. The zero-order valence-electron chi connectivity index (χ0n) is 14.8. The van der Waals surface area contributed by atoms with Gasteiger partial charge in [-0.1, -0.05) is 36.4 Å². The molecule has 0 N–H and O–H groups in total. The van der Waals surface area contributed by atoms with Gasteiger partial charge in [0.2, 0.25) is 0 Å². The second-order valence-corrected chi connectivity index (χ2v) is 5.58. The first-order valence-electron chi connectivity index (χ1n) is 8.20. The van der Waals surface area contributed by atoms with Crippen molar-refractivity contribution < 1.29 is 4.74 Å². The van der Waals surface area contributed by atoms with Gasteiger partial charge in [-0.25, -0.2) is 0 Å². The molecule has 3 aromatic rings. The number of hydrogen-bond acceptors (Lipinski definition) is 5. The Morgan fingerprint density at radius 1 is 1.04 bits per heavy atom. The molecule has 1 heterocycles. The molecule has 0 fully saturated rings. The van der Waals surface area contributed by atoms with Crippen LogP contribution in [0.1, 0.15) is 12.6 Å². The maximum atomic E-state index is 5.46. The van der Waals surface area contributed by atoms with Crippen LogP contribution in [0.15, 0.2) is 83.1 Å². The number of hydrazone groups is 2. The first-order chi connectivity index (χ1) is 12.7. The van der Waals surface area contributed by atoms with Gasteiger partial charge in [0.15, 0.2) is 0 Å². The van der Waals surface area contributed by atoms with Crippen molar-refractivity contribution in [1.82, 2.24) is 4.98 Å². The molecule has 0 aliphatic heterocycles. The van der Waals surface area contributed by atoms with Gasteiger partial charge in [0.05, 0.1) is 24.2 Å². The van der Waals surface area contributed by atoms with Gasteiger partial charge in [0.1, 0.15) is 5.75 Å². The van der Waals surface area contributed by atoms with E-state index in [-0.39, 0.29) is 0 Å². The van der Waals surface area contributed by atoms with Gasteiger partial charge in [0, 0.05) is 18.5 Å². The summed E-state index contributed by atoms with van der Waals surface area (Å²) in [6.07, 6.45) is 1.74. The van der Waals surface area contributed by atoms with E-state index in [2.05, 4.69) is 21.9 Å². The van der Waals surface area contributed by atoms with Gasteiger partial charge in [-0.3, -0.25) is 4.98 Å². The van der Waals surface area contributed by atoms with Gasteiger partial charge in [-0.05, 0) is 42.8 Å². The van der Waals surface area contributed by atoms with Crippen LogP contribution < -0.4 is 9.85 Å². The lowest BCUT2D eigenvalue weighted by molar-refractivity contribution is 0.416. The van der Waals surface area contributed by atoms with Gasteiger partial charge in [-0.2, -0.15) is 15.3 Å². The smallest absolute Gasteiger partial charge is 0.126 e. The fraction of sp³-hybridized carbons (Fsp3) is 0.0952. The minimum atomic E-state index is 0.751. The van der Waals surface area contributed by atoms with Crippen LogP contribution >= 0.6 is 0 Å². The van der Waals surface area contributed by atoms with Gasteiger partial charge >= 0.3 is 0 Å². The summed E-state index contributed by atoms with van der Waals surface area (Å²) < 4.78 is 5.46. The van der Waals surface area contributed by atoms with Crippen LogP contribution in [-0.2, 0) is 0 Å². The first kappa shape index (κ1) is 17.4. The number of rotatable bonds is 6. The Morgan fingerprint density at radius 3 is 2.58 bits per heavy atom. The van der Waals surface area contributed by atoms with Gasteiger partial charge in [0.25, 0.3) is 0 Å². The standard InChI is InChI=1S/C21H20N4O/c1-16(20-12-6-7-14-23-20)24-25(22-2)18-10-8-9-17(15-18)19-11-4-5-13-21(19)26-3/h4-15H,2H2,1,3H3/b24-16+. The number of anilines is 1. The average Bonchev–Trinajstić information content (AvgIpc) is 2.72. The molecule has 0 saturated carbocycles. The van der Waals surface area contributed by atoms with Crippen LogP contribution in [0.3, 0.4) is 0 Å². The first-order valence-corrected chi connectivity index (χ1v) is 8.20. The summed E-state index contributed by atoms with van der Waals surface area (Å²) in [6, 6.07) is 21.5. The molecule has 0 radical (unpaired) electrons. The second kappa shape index (κ2) is 8.07. The van der Waals surface area contributed by atoms with Crippen molar-refractivity contribution in [3.63, 3.8) is 0 Å². The molecule has 0 unspecified atom stereocenters. The summed E-state index contributed by atoms with van der Waals surface area (Å²) in [5.74, 6) is 0.816. The SMILES string of the molecule is C=NN(/N=C(\C)c1ccccn1)c1cccc(-c2ccccc2OC)c1. The fourth-order valence-electron chi connectivity index (χ4n) is 2.62. The number of aromatic nitrogens is 1. The van der Waals surface area contributed by atoms with Gasteiger partial charge < -0.3 is 4.74 Å². The molecule has 2 aromatic carbocycles. The summed E-state index contributed by atoms with van der Waals surface area (Å²) in [6.45, 7) is 5.54. The number of benzene rings is 2. The summed E-state index contributed by atoms with van der Waals surface area (Å²) in [5.41, 5.74) is 4.37. The monoisotopic (exact) mass is 344 g/mol. The van der Waals surface area contributed by atoms with E-state index < -0.39 is 0 Å². The Bertz CT molecular complexity index is 922. The molecule has 26 heavy (non-hydrogen) atoms. The van der Waals surface area contributed by atoms with Crippen LogP contribution in [0.25, 0.3) is 11.1 Å². The van der Waals surface area contributed by atoms with E-state index in [1.807, 2.05) is 73.7 Å². The van der Waals surface area contributed by atoms with Crippen molar-refractivity contribution >= 4 is 18.1 Å². The topological polar surface area (TPSA) is 50.1 Å². The Balaban J connectivity index is 1.97. The Labute approximate surface area is 153 Å². The largest absolute Gasteiger partial charge is 0.496 e. The third kappa shape index (κ3) is 3.78. The fourth-order valence-corrected chi connectivity index (χ4v) is 2.62. The Morgan fingerprint density at radius 2 is 1.85 bits per heavy atom. The molecule has 0 amide bonds. The highest BCUT2D eigenvalue weighted by atomic mass is 16.5. The lowest BCUT2D eigenvalue weighted by Gasteiger charge is -2.15. The summed E-state index contributed by atoms with van der Waals surface area (Å²) in [7, 11) is 1.67. The van der Waals surface area contributed by atoms with E-state index in [1.165, 1.54) is 5.12 Å². The van der Waals surface area contributed by atoms with E-state index in [0.717, 1.165) is 34.0 Å². The Hall–Kier alpha value is -3.47. The Kier molecular flexibility index (Phi) is 5.39. The number of pyridine rings is 1. The number of nitrogens with zero attached hydrogens (tertiary/aromatic N) is 4. The molecule has 130 valence electrons. The van der Waals surface area contributed by atoms with Crippen LogP contribution in [-0.4, -0.2) is 24.5 Å². The zero-order valence-corrected chi connectivity index (χ0v) is 14.8. The predicted molar refractivity (Wildman–Crippen MR) is 107 cm³/mol. The van der Waals surface area contributed by atoms with Gasteiger partial charge in [-0.15, -0.1) is 0 Å². The highest BCUT2D eigenvalue weighted by molar-refractivity contribution is 5.97. The number of methoxy groups -OCH3 is 1. The average molecular weight is 344 g/mol. The quantitative estimate of drug-likeness (QED) is 0.485. The molecular formula is C21H20N4O. The third-order valence-corrected chi connectivity index (χ3v) is 3.91. The highest BCUT2D eigenvalue weighted by Crippen LogP contribution is 2.32. The predicted octanol–water partition coefficient (Wildman–Crippen LogP) is 4.60. The molecular weight excluding hydrogens is 324 g/mol. The molecule has 5 nitrogen and oxygen atoms in total. The number of para-hydroxylation sites is 1. The minimum absolute atomic E-state index is 0.751. The molecule has 0 aliphatic carbocycles. The normalized spacial score (nSPS) is 11.1. The van der Waals surface area contributed by atoms with E-state index in [4.69, 9.17) is 4.74 Å². The molecule has 1 aromatic heterocycles. The van der Waals surface area contributed by atoms with Crippen LogP contribution in [0.5, 0.6) is 5.75 Å². The van der Waals surface area contributed by atoms with Crippen molar-refractivity contribution in [2.75, 3.05) is 12.2 Å². The van der Waals surface area contributed by atoms with Crippen molar-refractivity contribution in [2.45, 2.75) is 6.92 Å². The van der Waals surface area contributed by atoms with Crippen LogP contribution in [0, 0.1) is 0 Å². The number of hydrogen-bond donors (Lipinski definition) is 0. The lowest BCUT2D eigenvalue weighted by Crippen LogP contribution is -2.12. The molecule has 5 heteroatoms. The molecule has 0 aliphatic rings. The zero-order chi connectivity index (χ0) is 18.4. The summed E-state index contributed by atoms with van der Waals surface area (Å²) in [5, 5.41) is 10.1. The second-order valence-electron chi connectivity index (χ2n) is 5.58. The maximum absolute atomic E-state index is 5.46. The molecule has 0 bridgehead atoms. The lowest BCUT2D eigenvalue weighted by atomic mass is 10.0. The van der Waals surface area contributed by atoms with Crippen molar-refractivity contribution in [1.29, 1.82) is 0 Å². The van der Waals surface area contributed by atoms with Crippen LogP contribution in [0.2, 0.25) is 0 Å².